The van der Waals surface area contributed by atoms with Crippen LogP contribution in [0.4, 0.5) is 0 Å². The number of nitrogens with zero attached hydrogens (tertiary/aromatic N) is 1. The molecule has 0 atom stereocenters. The zero-order valence-electron chi connectivity index (χ0n) is 8.83. The van der Waals surface area contributed by atoms with E-state index in [4.69, 9.17) is 17.3 Å². The predicted molar refractivity (Wildman–Crippen MR) is 65.1 cm³/mol. The van der Waals surface area contributed by atoms with Crippen LogP contribution in [0.15, 0.2) is 24.3 Å². The molecule has 0 bridgehead atoms. The van der Waals surface area contributed by atoms with E-state index in [9.17, 15) is 4.79 Å². The number of aromatic nitrogens is 1. The predicted octanol–water partition coefficient (Wildman–Crippen LogP) is 1.63. The van der Waals surface area contributed by atoms with Gasteiger partial charge in [0.25, 0.3) is 0 Å². The Bertz CT molecular complexity index is 547. The summed E-state index contributed by atoms with van der Waals surface area (Å²) in [6.07, 6.45) is 0. The number of fused-ring (bicyclic) bond motifs is 1. The third-order valence-electron chi connectivity index (χ3n) is 2.47. The number of benzene rings is 1. The average Bonchev–Trinajstić information content (AvgIpc) is 2.50. The number of aryl methyl sites for hydroxylation is 1. The van der Waals surface area contributed by atoms with Crippen LogP contribution in [0.1, 0.15) is 5.56 Å². The van der Waals surface area contributed by atoms with Crippen molar-refractivity contribution in [2.75, 3.05) is 12.0 Å². The highest BCUT2D eigenvalue weighted by Gasteiger charge is 2.11. The lowest BCUT2D eigenvalue weighted by Gasteiger charge is -2.08. The fourth-order valence-electron chi connectivity index (χ4n) is 1.68. The van der Waals surface area contributed by atoms with Crippen LogP contribution in [-0.2, 0) is 4.79 Å². The molecule has 1 heterocycles. The van der Waals surface area contributed by atoms with E-state index in [0.717, 1.165) is 16.5 Å². The van der Waals surface area contributed by atoms with E-state index in [1.54, 1.807) is 4.68 Å². The Balaban J connectivity index is 2.51. The Kier molecular flexibility index (Phi) is 2.75. The van der Waals surface area contributed by atoms with Crippen molar-refractivity contribution >= 4 is 28.4 Å². The molecule has 4 nitrogen and oxygen atoms in total. The van der Waals surface area contributed by atoms with Crippen LogP contribution in [-0.4, -0.2) is 17.1 Å². The Labute approximate surface area is 98.0 Å². The molecule has 0 aliphatic heterocycles. The van der Waals surface area contributed by atoms with Gasteiger partial charge in [0.15, 0.2) is 0 Å². The summed E-state index contributed by atoms with van der Waals surface area (Å²) in [7, 11) is 0. The van der Waals surface area contributed by atoms with Gasteiger partial charge in [0.1, 0.15) is 11.7 Å². The Morgan fingerprint density at radius 1 is 1.50 bits per heavy atom. The van der Waals surface area contributed by atoms with E-state index in [1.807, 2.05) is 31.2 Å². The monoisotopic (exact) mass is 237 g/mol. The van der Waals surface area contributed by atoms with Gasteiger partial charge in [0, 0.05) is 5.39 Å². The van der Waals surface area contributed by atoms with Gasteiger partial charge in [-0.2, -0.15) is 0 Å². The standard InChI is InChI=1S/C11H12ClN3O/c1-7-8-4-2-3-5-9(8)15(11(7)12)14-6-10(13)16/h2-5,14H,6H2,1H3,(H2,13,16). The number of primary amides is 1. The number of nitrogens with two attached hydrogens (primary N) is 1. The maximum Gasteiger partial charge on any atom is 0.238 e. The number of carbonyl (C=O) groups is 1. The first-order valence-corrected chi connectivity index (χ1v) is 5.27. The first kappa shape index (κ1) is 10.8. The van der Waals surface area contributed by atoms with Gasteiger partial charge in [-0.15, -0.1) is 0 Å². The topological polar surface area (TPSA) is 60.1 Å². The molecule has 84 valence electrons. The lowest BCUT2D eigenvalue weighted by Crippen LogP contribution is -2.27. The Morgan fingerprint density at radius 3 is 2.88 bits per heavy atom. The van der Waals surface area contributed by atoms with Crippen LogP contribution in [0.2, 0.25) is 5.15 Å². The van der Waals surface area contributed by atoms with Crippen molar-refractivity contribution in [3.8, 4) is 0 Å². The second-order valence-corrected chi connectivity index (χ2v) is 3.93. The van der Waals surface area contributed by atoms with Crippen molar-refractivity contribution in [1.29, 1.82) is 0 Å². The van der Waals surface area contributed by atoms with Crippen LogP contribution in [0.3, 0.4) is 0 Å². The molecule has 0 aliphatic carbocycles. The van der Waals surface area contributed by atoms with E-state index in [2.05, 4.69) is 5.43 Å². The zero-order chi connectivity index (χ0) is 11.7. The molecule has 5 heteroatoms. The summed E-state index contributed by atoms with van der Waals surface area (Å²) >= 11 is 6.17. The van der Waals surface area contributed by atoms with Crippen molar-refractivity contribution in [3.63, 3.8) is 0 Å². The quantitative estimate of drug-likeness (QED) is 0.853. The Morgan fingerprint density at radius 2 is 2.19 bits per heavy atom. The molecule has 2 aromatic rings. The van der Waals surface area contributed by atoms with Crippen LogP contribution < -0.4 is 11.2 Å². The first-order chi connectivity index (χ1) is 7.61. The zero-order valence-corrected chi connectivity index (χ0v) is 9.58. The van der Waals surface area contributed by atoms with Gasteiger partial charge < -0.3 is 11.2 Å². The number of para-hydroxylation sites is 1. The number of amides is 1. The summed E-state index contributed by atoms with van der Waals surface area (Å²) in [5.41, 5.74) is 9.89. The summed E-state index contributed by atoms with van der Waals surface area (Å²) in [6, 6.07) is 7.78. The van der Waals surface area contributed by atoms with E-state index in [1.165, 1.54) is 0 Å². The molecule has 3 N–H and O–H groups in total. The number of halogens is 1. The number of hydrogen-bond donors (Lipinski definition) is 2. The van der Waals surface area contributed by atoms with Crippen molar-refractivity contribution in [3.05, 3.63) is 35.0 Å². The van der Waals surface area contributed by atoms with Crippen LogP contribution in [0.25, 0.3) is 10.9 Å². The third-order valence-corrected chi connectivity index (χ3v) is 2.92. The Hall–Kier alpha value is -1.68. The van der Waals surface area contributed by atoms with Crippen molar-refractivity contribution in [1.82, 2.24) is 4.68 Å². The average molecular weight is 238 g/mol. The maximum absolute atomic E-state index is 10.7. The molecule has 1 aromatic carbocycles. The van der Waals surface area contributed by atoms with Gasteiger partial charge in [-0.3, -0.25) is 4.79 Å². The molecule has 1 amide bonds. The third kappa shape index (κ3) is 1.72. The van der Waals surface area contributed by atoms with Crippen molar-refractivity contribution < 1.29 is 4.79 Å². The molecule has 0 unspecified atom stereocenters. The minimum atomic E-state index is -0.425. The van der Waals surface area contributed by atoms with Crippen LogP contribution in [0, 0.1) is 6.92 Å². The number of rotatable bonds is 3. The second-order valence-electron chi connectivity index (χ2n) is 3.57. The smallest absolute Gasteiger partial charge is 0.238 e. The summed E-state index contributed by atoms with van der Waals surface area (Å²) in [4.78, 5) is 10.7. The molecule has 0 fully saturated rings. The fourth-order valence-corrected chi connectivity index (χ4v) is 1.93. The van der Waals surface area contributed by atoms with E-state index in [-0.39, 0.29) is 6.54 Å². The second kappa shape index (κ2) is 4.06. The van der Waals surface area contributed by atoms with Crippen LogP contribution >= 0.6 is 11.6 Å². The van der Waals surface area contributed by atoms with E-state index < -0.39 is 5.91 Å². The first-order valence-electron chi connectivity index (χ1n) is 4.89. The number of nitrogens with one attached hydrogen (secondary N) is 1. The highest BCUT2D eigenvalue weighted by molar-refractivity contribution is 6.32. The van der Waals surface area contributed by atoms with Crippen molar-refractivity contribution in [2.45, 2.75) is 6.92 Å². The molecule has 0 aliphatic rings. The number of hydrogen-bond acceptors (Lipinski definition) is 2. The van der Waals surface area contributed by atoms with Crippen molar-refractivity contribution in [2.24, 2.45) is 5.73 Å². The van der Waals surface area contributed by atoms with Gasteiger partial charge >= 0.3 is 0 Å². The largest absolute Gasteiger partial charge is 0.368 e. The highest BCUT2D eigenvalue weighted by Crippen LogP contribution is 2.27. The van der Waals surface area contributed by atoms with Gasteiger partial charge in [-0.1, -0.05) is 29.8 Å². The lowest BCUT2D eigenvalue weighted by molar-refractivity contribution is -0.116. The molecule has 0 saturated carbocycles. The van der Waals surface area contributed by atoms with Gasteiger partial charge in [0.05, 0.1) is 5.52 Å². The van der Waals surface area contributed by atoms with Gasteiger partial charge in [-0.05, 0) is 18.6 Å². The molecule has 0 radical (unpaired) electrons. The summed E-state index contributed by atoms with van der Waals surface area (Å²) < 4.78 is 1.68. The molecule has 0 saturated heterocycles. The van der Waals surface area contributed by atoms with Crippen LogP contribution in [0.5, 0.6) is 0 Å². The molecular weight excluding hydrogens is 226 g/mol. The summed E-state index contributed by atoms with van der Waals surface area (Å²) in [6.45, 7) is 1.99. The molecule has 1 aromatic heterocycles. The highest BCUT2D eigenvalue weighted by atomic mass is 35.5. The lowest BCUT2D eigenvalue weighted by atomic mass is 10.2. The van der Waals surface area contributed by atoms with E-state index in [0.29, 0.717) is 5.15 Å². The number of carbonyl (C=O) groups excluding carboxylic acids is 1. The summed E-state index contributed by atoms with van der Waals surface area (Å²) in [5, 5.41) is 1.63. The normalized spacial score (nSPS) is 10.6. The van der Waals surface area contributed by atoms with Gasteiger partial charge in [-0.25, -0.2) is 4.68 Å². The molecule has 0 spiro atoms. The maximum atomic E-state index is 10.7. The van der Waals surface area contributed by atoms with Gasteiger partial charge in [0.2, 0.25) is 5.91 Å². The molecule has 2 rings (SSSR count). The molecular formula is C11H12ClN3O. The minimum absolute atomic E-state index is 0.0534. The SMILES string of the molecule is Cc1c(Cl)n(NCC(N)=O)c2ccccc12. The van der Waals surface area contributed by atoms with E-state index >= 15 is 0 Å². The minimum Gasteiger partial charge on any atom is -0.368 e. The molecule has 16 heavy (non-hydrogen) atoms. The summed E-state index contributed by atoms with van der Waals surface area (Å²) in [5.74, 6) is -0.425. The fraction of sp³-hybridized carbons (Fsp3) is 0.182.